The number of hydrazine groups is 1. The number of hydrogen-bond acceptors (Lipinski definition) is 5. The van der Waals surface area contributed by atoms with Gasteiger partial charge in [0.25, 0.3) is 11.8 Å². The van der Waals surface area contributed by atoms with Gasteiger partial charge < -0.3 is 10.6 Å². The van der Waals surface area contributed by atoms with Crippen molar-refractivity contribution in [3.63, 3.8) is 0 Å². The normalized spacial score (nSPS) is 19.3. The van der Waals surface area contributed by atoms with Gasteiger partial charge in [0.1, 0.15) is 5.54 Å². The lowest BCUT2D eigenvalue weighted by atomic mass is 9.87. The number of likely N-dealkylation sites (N-methyl/N-ethyl adjacent to an activating group) is 1. The van der Waals surface area contributed by atoms with Crippen molar-refractivity contribution < 1.29 is 19.2 Å². The van der Waals surface area contributed by atoms with Crippen LogP contribution in [0.4, 0.5) is 4.79 Å². The van der Waals surface area contributed by atoms with Gasteiger partial charge in [0.15, 0.2) is 0 Å². The average molecular weight is 403 g/mol. The molecule has 2 rings (SSSR count). The van der Waals surface area contributed by atoms with Crippen LogP contribution in [0.5, 0.6) is 0 Å². The number of hydrogen-bond donors (Lipinski definition) is 3. The first-order valence-corrected chi connectivity index (χ1v) is 9.50. The number of urea groups is 1. The van der Waals surface area contributed by atoms with E-state index in [2.05, 4.69) is 16.1 Å². The SMILES string of the molecule is CC[C@]1(c2ccccc2)NC(=O)N(NC(=O)CN(C)CC(=O)NC(C)(C)C)C1=O. The maximum Gasteiger partial charge on any atom is 0.344 e. The summed E-state index contributed by atoms with van der Waals surface area (Å²) in [6, 6.07) is 8.21. The molecule has 158 valence electrons. The molecule has 0 bridgehead atoms. The molecule has 1 saturated heterocycles. The van der Waals surface area contributed by atoms with Crippen molar-refractivity contribution in [3.8, 4) is 0 Å². The van der Waals surface area contributed by atoms with Gasteiger partial charge in [-0.05, 0) is 39.8 Å². The molecule has 5 amide bonds. The minimum absolute atomic E-state index is 0.00768. The summed E-state index contributed by atoms with van der Waals surface area (Å²) in [6.45, 7) is 7.23. The Morgan fingerprint density at radius 1 is 1.10 bits per heavy atom. The summed E-state index contributed by atoms with van der Waals surface area (Å²) < 4.78 is 0. The molecule has 9 nitrogen and oxygen atoms in total. The van der Waals surface area contributed by atoms with Gasteiger partial charge >= 0.3 is 6.03 Å². The van der Waals surface area contributed by atoms with Gasteiger partial charge in [0.2, 0.25) is 5.91 Å². The van der Waals surface area contributed by atoms with Crippen LogP contribution in [0.15, 0.2) is 30.3 Å². The lowest BCUT2D eigenvalue weighted by Crippen LogP contribution is -2.52. The molecule has 29 heavy (non-hydrogen) atoms. The van der Waals surface area contributed by atoms with E-state index in [1.165, 1.54) is 4.90 Å². The van der Waals surface area contributed by atoms with E-state index in [9.17, 15) is 19.2 Å². The third kappa shape index (κ3) is 5.32. The topological polar surface area (TPSA) is 111 Å². The molecule has 0 radical (unpaired) electrons. The Morgan fingerprint density at radius 3 is 2.24 bits per heavy atom. The van der Waals surface area contributed by atoms with E-state index < -0.39 is 23.4 Å². The molecule has 3 N–H and O–H groups in total. The molecule has 0 saturated carbocycles. The zero-order chi connectivity index (χ0) is 21.8. The predicted molar refractivity (Wildman–Crippen MR) is 107 cm³/mol. The molecule has 1 aromatic carbocycles. The number of imide groups is 1. The van der Waals surface area contributed by atoms with Gasteiger partial charge in [0, 0.05) is 5.54 Å². The van der Waals surface area contributed by atoms with Gasteiger partial charge in [0.05, 0.1) is 13.1 Å². The Kier molecular flexibility index (Phi) is 6.63. The Bertz CT molecular complexity index is 790. The maximum absolute atomic E-state index is 13.0. The maximum atomic E-state index is 13.0. The summed E-state index contributed by atoms with van der Waals surface area (Å²) in [4.78, 5) is 51.2. The van der Waals surface area contributed by atoms with Gasteiger partial charge in [-0.25, -0.2) is 4.79 Å². The fraction of sp³-hybridized carbons (Fsp3) is 0.500. The molecule has 1 fully saturated rings. The van der Waals surface area contributed by atoms with Crippen molar-refractivity contribution in [1.29, 1.82) is 0 Å². The van der Waals surface area contributed by atoms with Crippen LogP contribution in [-0.2, 0) is 19.9 Å². The van der Waals surface area contributed by atoms with E-state index in [-0.39, 0.29) is 24.5 Å². The van der Waals surface area contributed by atoms with Crippen LogP contribution in [0.3, 0.4) is 0 Å². The largest absolute Gasteiger partial charge is 0.350 e. The molecule has 9 heteroatoms. The first-order valence-electron chi connectivity index (χ1n) is 9.50. The zero-order valence-corrected chi connectivity index (χ0v) is 17.5. The molecular formula is C20H29N5O4. The highest BCUT2D eigenvalue weighted by Gasteiger charge is 2.52. The van der Waals surface area contributed by atoms with E-state index in [1.54, 1.807) is 38.2 Å². The highest BCUT2D eigenvalue weighted by molar-refractivity contribution is 6.08. The van der Waals surface area contributed by atoms with E-state index in [1.807, 2.05) is 26.8 Å². The second-order valence-corrected chi connectivity index (χ2v) is 8.20. The third-order valence-corrected chi connectivity index (χ3v) is 4.47. The second-order valence-electron chi connectivity index (χ2n) is 8.20. The molecule has 0 aliphatic carbocycles. The molecule has 1 aromatic rings. The van der Waals surface area contributed by atoms with Crippen LogP contribution < -0.4 is 16.1 Å². The van der Waals surface area contributed by atoms with Gasteiger partial charge in [-0.1, -0.05) is 37.3 Å². The van der Waals surface area contributed by atoms with Crippen molar-refractivity contribution in [1.82, 2.24) is 26.0 Å². The summed E-state index contributed by atoms with van der Waals surface area (Å²) in [7, 11) is 1.61. The van der Waals surface area contributed by atoms with Gasteiger partial charge in [-0.2, -0.15) is 5.01 Å². The minimum Gasteiger partial charge on any atom is -0.350 e. The molecule has 0 spiro atoms. The highest BCUT2D eigenvalue weighted by Crippen LogP contribution is 2.31. The van der Waals surface area contributed by atoms with E-state index in [0.717, 1.165) is 0 Å². The Hall–Kier alpha value is -2.94. The first-order chi connectivity index (χ1) is 13.5. The summed E-state index contributed by atoms with van der Waals surface area (Å²) in [5.74, 6) is -1.34. The summed E-state index contributed by atoms with van der Waals surface area (Å²) >= 11 is 0. The quantitative estimate of drug-likeness (QED) is 0.581. The van der Waals surface area contributed by atoms with Crippen molar-refractivity contribution in [2.45, 2.75) is 45.2 Å². The summed E-state index contributed by atoms with van der Waals surface area (Å²) in [5.41, 5.74) is 1.40. The fourth-order valence-electron chi connectivity index (χ4n) is 3.20. The number of nitrogens with one attached hydrogen (secondary N) is 3. The zero-order valence-electron chi connectivity index (χ0n) is 17.5. The van der Waals surface area contributed by atoms with Crippen molar-refractivity contribution in [2.75, 3.05) is 20.1 Å². The lowest BCUT2D eigenvalue weighted by molar-refractivity contribution is -0.140. The Balaban J connectivity index is 2.01. The number of carbonyl (C=O) groups excluding carboxylic acids is 4. The van der Waals surface area contributed by atoms with Crippen LogP contribution in [0.25, 0.3) is 0 Å². The third-order valence-electron chi connectivity index (χ3n) is 4.47. The summed E-state index contributed by atoms with van der Waals surface area (Å²) in [5, 5.41) is 6.21. The lowest BCUT2D eigenvalue weighted by Gasteiger charge is -2.26. The monoisotopic (exact) mass is 403 g/mol. The van der Waals surface area contributed by atoms with Crippen molar-refractivity contribution >= 4 is 23.8 Å². The molecule has 1 aliphatic rings. The minimum atomic E-state index is -1.22. The van der Waals surface area contributed by atoms with Crippen molar-refractivity contribution in [3.05, 3.63) is 35.9 Å². The van der Waals surface area contributed by atoms with Gasteiger partial charge in [-0.15, -0.1) is 0 Å². The number of rotatable bonds is 7. The van der Waals surface area contributed by atoms with Crippen LogP contribution in [0.2, 0.25) is 0 Å². The second kappa shape index (κ2) is 8.60. The van der Waals surface area contributed by atoms with E-state index >= 15 is 0 Å². The van der Waals surface area contributed by atoms with E-state index in [4.69, 9.17) is 0 Å². The number of nitrogens with zero attached hydrogens (tertiary/aromatic N) is 2. The van der Waals surface area contributed by atoms with Crippen LogP contribution in [0, 0.1) is 0 Å². The average Bonchev–Trinajstić information content (AvgIpc) is 2.85. The molecule has 1 atom stereocenters. The molecule has 1 aliphatic heterocycles. The molecule has 0 aromatic heterocycles. The molecule has 1 heterocycles. The molecular weight excluding hydrogens is 374 g/mol. The number of carbonyl (C=O) groups is 4. The predicted octanol–water partition coefficient (Wildman–Crippen LogP) is 0.721. The Morgan fingerprint density at radius 2 is 1.69 bits per heavy atom. The molecule has 0 unspecified atom stereocenters. The van der Waals surface area contributed by atoms with Crippen LogP contribution in [0.1, 0.15) is 39.7 Å². The highest BCUT2D eigenvalue weighted by atomic mass is 16.2. The standard InChI is InChI=1S/C20H29N5O4/c1-6-20(14-10-8-7-9-11-14)17(28)25(18(29)22-20)23-16(27)13-24(5)12-15(26)21-19(2,3)4/h7-11H,6,12-13H2,1-5H3,(H,21,26)(H,22,29)(H,23,27)/t20-/m1/s1. The fourth-order valence-corrected chi connectivity index (χ4v) is 3.20. The Labute approximate surface area is 170 Å². The summed E-state index contributed by atoms with van der Waals surface area (Å²) in [6.07, 6.45) is 0.334. The first kappa shape index (κ1) is 22.4. The van der Waals surface area contributed by atoms with Gasteiger partial charge in [-0.3, -0.25) is 24.7 Å². The van der Waals surface area contributed by atoms with Crippen molar-refractivity contribution in [2.24, 2.45) is 0 Å². The van der Waals surface area contributed by atoms with E-state index in [0.29, 0.717) is 17.0 Å². The number of benzene rings is 1. The smallest absolute Gasteiger partial charge is 0.344 e. The number of amides is 5. The van der Waals surface area contributed by atoms with Crippen LogP contribution >= 0.6 is 0 Å². The van der Waals surface area contributed by atoms with Crippen LogP contribution in [-0.4, -0.2) is 59.3 Å².